The zero-order chi connectivity index (χ0) is 12.6. The fraction of sp³-hybridized carbons (Fsp3) is 0.923. The van der Waals surface area contributed by atoms with Gasteiger partial charge >= 0.3 is 5.97 Å². The van der Waals surface area contributed by atoms with Gasteiger partial charge in [-0.05, 0) is 46.6 Å². The molecular formula is C13H23NO3. The van der Waals surface area contributed by atoms with E-state index in [1.54, 1.807) is 13.8 Å². The standard InChI is InChI=1S/C13H23NO3/c1-13(2,8-15)12(16)17-11-6-9-4-5-10(7-11)14(9)3/h9-11,15H,4-8H2,1-3H3. The van der Waals surface area contributed by atoms with Gasteiger partial charge in [-0.25, -0.2) is 0 Å². The molecule has 2 bridgehead atoms. The van der Waals surface area contributed by atoms with Gasteiger partial charge in [0.15, 0.2) is 0 Å². The van der Waals surface area contributed by atoms with Gasteiger partial charge in [0.2, 0.25) is 0 Å². The lowest BCUT2D eigenvalue weighted by Crippen LogP contribution is -2.45. The van der Waals surface area contributed by atoms with Crippen LogP contribution in [0.3, 0.4) is 0 Å². The third-order valence-electron chi connectivity index (χ3n) is 4.28. The average molecular weight is 241 g/mol. The fourth-order valence-corrected chi connectivity index (χ4v) is 2.83. The van der Waals surface area contributed by atoms with Crippen LogP contribution in [0.4, 0.5) is 0 Å². The van der Waals surface area contributed by atoms with Gasteiger partial charge in [-0.3, -0.25) is 4.79 Å². The summed E-state index contributed by atoms with van der Waals surface area (Å²) in [5.74, 6) is -0.269. The van der Waals surface area contributed by atoms with Gasteiger partial charge in [-0.15, -0.1) is 0 Å². The lowest BCUT2D eigenvalue weighted by molar-refractivity contribution is -0.165. The van der Waals surface area contributed by atoms with Crippen LogP contribution in [0.5, 0.6) is 0 Å². The van der Waals surface area contributed by atoms with Gasteiger partial charge in [-0.2, -0.15) is 0 Å². The molecule has 2 atom stereocenters. The molecule has 0 aliphatic carbocycles. The number of piperidine rings is 1. The summed E-state index contributed by atoms with van der Waals surface area (Å²) in [6.45, 7) is 3.28. The fourth-order valence-electron chi connectivity index (χ4n) is 2.83. The number of hydrogen-bond donors (Lipinski definition) is 1. The van der Waals surface area contributed by atoms with Crippen LogP contribution in [-0.2, 0) is 9.53 Å². The molecule has 4 nitrogen and oxygen atoms in total. The third kappa shape index (κ3) is 2.47. The molecular weight excluding hydrogens is 218 g/mol. The van der Waals surface area contributed by atoms with Crippen LogP contribution in [0.2, 0.25) is 0 Å². The molecule has 2 unspecified atom stereocenters. The Hall–Kier alpha value is -0.610. The van der Waals surface area contributed by atoms with Crippen LogP contribution in [0.15, 0.2) is 0 Å². The number of hydrogen-bond acceptors (Lipinski definition) is 4. The number of esters is 1. The predicted molar refractivity (Wildman–Crippen MR) is 64.6 cm³/mol. The van der Waals surface area contributed by atoms with E-state index in [-0.39, 0.29) is 18.7 Å². The molecule has 0 aromatic heterocycles. The normalized spacial score (nSPS) is 33.8. The second kappa shape index (κ2) is 4.58. The number of carbonyl (C=O) groups is 1. The Morgan fingerprint density at radius 1 is 1.35 bits per heavy atom. The van der Waals surface area contributed by atoms with Crippen molar-refractivity contribution < 1.29 is 14.6 Å². The molecule has 2 saturated heterocycles. The molecule has 0 aromatic carbocycles. The number of aliphatic hydroxyl groups excluding tert-OH is 1. The zero-order valence-corrected chi connectivity index (χ0v) is 11.0. The van der Waals surface area contributed by atoms with Crippen molar-refractivity contribution in [2.75, 3.05) is 13.7 Å². The Morgan fingerprint density at radius 3 is 2.35 bits per heavy atom. The zero-order valence-electron chi connectivity index (χ0n) is 11.0. The van der Waals surface area contributed by atoms with E-state index in [4.69, 9.17) is 9.84 Å². The summed E-state index contributed by atoms with van der Waals surface area (Å²) in [5, 5.41) is 9.14. The Morgan fingerprint density at radius 2 is 1.88 bits per heavy atom. The molecule has 0 radical (unpaired) electrons. The van der Waals surface area contributed by atoms with Gasteiger partial charge in [-0.1, -0.05) is 0 Å². The van der Waals surface area contributed by atoms with Crippen molar-refractivity contribution in [3.05, 3.63) is 0 Å². The molecule has 0 amide bonds. The van der Waals surface area contributed by atoms with Crippen LogP contribution < -0.4 is 0 Å². The SMILES string of the molecule is CN1C2CCC1CC(OC(=O)C(C)(C)CO)C2. The van der Waals surface area contributed by atoms with Gasteiger partial charge in [0.25, 0.3) is 0 Å². The highest BCUT2D eigenvalue weighted by atomic mass is 16.5. The summed E-state index contributed by atoms with van der Waals surface area (Å²) in [5.41, 5.74) is -0.775. The maximum atomic E-state index is 11.9. The lowest BCUT2D eigenvalue weighted by Gasteiger charge is -2.36. The monoisotopic (exact) mass is 241 g/mol. The Labute approximate surface area is 103 Å². The first-order valence-electron chi connectivity index (χ1n) is 6.48. The van der Waals surface area contributed by atoms with Crippen molar-refractivity contribution in [2.24, 2.45) is 5.41 Å². The van der Waals surface area contributed by atoms with Crippen LogP contribution in [-0.4, -0.2) is 47.8 Å². The minimum Gasteiger partial charge on any atom is -0.462 e. The van der Waals surface area contributed by atoms with Crippen molar-refractivity contribution in [3.63, 3.8) is 0 Å². The van der Waals surface area contributed by atoms with Crippen molar-refractivity contribution in [3.8, 4) is 0 Å². The minimum absolute atomic E-state index is 0.0435. The maximum absolute atomic E-state index is 11.9. The summed E-state index contributed by atoms with van der Waals surface area (Å²) in [6, 6.07) is 1.15. The number of fused-ring (bicyclic) bond motifs is 2. The number of rotatable bonds is 3. The number of aliphatic hydroxyl groups is 1. The topological polar surface area (TPSA) is 49.8 Å². The molecule has 4 heteroatoms. The molecule has 1 N–H and O–H groups in total. The molecule has 0 aromatic rings. The van der Waals surface area contributed by atoms with E-state index in [0.717, 1.165) is 12.8 Å². The van der Waals surface area contributed by atoms with Crippen LogP contribution >= 0.6 is 0 Å². The first-order valence-corrected chi connectivity index (χ1v) is 6.48. The van der Waals surface area contributed by atoms with Crippen molar-refractivity contribution in [2.45, 2.75) is 57.7 Å². The summed E-state index contributed by atoms with van der Waals surface area (Å²) < 4.78 is 5.55. The van der Waals surface area contributed by atoms with Crippen LogP contribution in [0.1, 0.15) is 39.5 Å². The third-order valence-corrected chi connectivity index (χ3v) is 4.28. The van der Waals surface area contributed by atoms with E-state index in [1.807, 2.05) is 0 Å². The summed E-state index contributed by atoms with van der Waals surface area (Å²) in [7, 11) is 2.16. The summed E-state index contributed by atoms with van der Waals surface area (Å²) >= 11 is 0. The first kappa shape index (κ1) is 12.8. The highest BCUT2D eigenvalue weighted by molar-refractivity contribution is 5.76. The Bertz CT molecular complexity index is 289. The molecule has 17 heavy (non-hydrogen) atoms. The van der Waals surface area contributed by atoms with E-state index in [2.05, 4.69) is 11.9 Å². The smallest absolute Gasteiger partial charge is 0.314 e. The van der Waals surface area contributed by atoms with E-state index < -0.39 is 5.41 Å². The summed E-state index contributed by atoms with van der Waals surface area (Å²) in [6.07, 6.45) is 4.37. The van der Waals surface area contributed by atoms with Crippen molar-refractivity contribution >= 4 is 5.97 Å². The lowest BCUT2D eigenvalue weighted by atomic mass is 9.94. The van der Waals surface area contributed by atoms with Crippen LogP contribution in [0, 0.1) is 5.41 Å². The molecule has 0 saturated carbocycles. The molecule has 2 aliphatic heterocycles. The van der Waals surface area contributed by atoms with E-state index in [9.17, 15) is 4.79 Å². The van der Waals surface area contributed by atoms with Crippen molar-refractivity contribution in [1.29, 1.82) is 0 Å². The molecule has 2 heterocycles. The van der Waals surface area contributed by atoms with Crippen molar-refractivity contribution in [1.82, 2.24) is 4.90 Å². The highest BCUT2D eigenvalue weighted by Crippen LogP contribution is 2.36. The largest absolute Gasteiger partial charge is 0.462 e. The molecule has 2 fully saturated rings. The molecule has 2 rings (SSSR count). The summed E-state index contributed by atoms with van der Waals surface area (Å²) in [4.78, 5) is 14.3. The predicted octanol–water partition coefficient (Wildman–Crippen LogP) is 1.17. The average Bonchev–Trinajstić information content (AvgIpc) is 2.53. The number of carbonyl (C=O) groups excluding carboxylic acids is 1. The molecule has 0 spiro atoms. The maximum Gasteiger partial charge on any atom is 0.314 e. The number of nitrogens with zero attached hydrogens (tertiary/aromatic N) is 1. The number of ether oxygens (including phenoxy) is 1. The van der Waals surface area contributed by atoms with Crippen LogP contribution in [0.25, 0.3) is 0 Å². The van der Waals surface area contributed by atoms with Gasteiger partial charge in [0.05, 0.1) is 12.0 Å². The van der Waals surface area contributed by atoms with Gasteiger partial charge in [0.1, 0.15) is 6.10 Å². The minimum atomic E-state index is -0.775. The van der Waals surface area contributed by atoms with E-state index in [1.165, 1.54) is 12.8 Å². The van der Waals surface area contributed by atoms with E-state index in [0.29, 0.717) is 12.1 Å². The molecule has 2 aliphatic rings. The van der Waals surface area contributed by atoms with Gasteiger partial charge in [0, 0.05) is 12.1 Å². The van der Waals surface area contributed by atoms with Gasteiger partial charge < -0.3 is 14.7 Å². The van der Waals surface area contributed by atoms with E-state index >= 15 is 0 Å². The first-order chi connectivity index (χ1) is 7.94. The second-order valence-electron chi connectivity index (χ2n) is 6.09. The molecule has 98 valence electrons. The second-order valence-corrected chi connectivity index (χ2v) is 6.09. The Balaban J connectivity index is 1.92. The highest BCUT2D eigenvalue weighted by Gasteiger charge is 2.41. The Kier molecular flexibility index (Phi) is 3.46. The quantitative estimate of drug-likeness (QED) is 0.754.